The predicted molar refractivity (Wildman–Crippen MR) is 71.7 cm³/mol. The monoisotopic (exact) mass is 250 g/mol. The van der Waals surface area contributed by atoms with E-state index in [4.69, 9.17) is 9.47 Å². The van der Waals surface area contributed by atoms with Gasteiger partial charge in [0.1, 0.15) is 24.4 Å². The molecule has 2 rings (SSSR count). The smallest absolute Gasteiger partial charge is 0.118 e. The molecule has 0 radical (unpaired) electrons. The molecule has 0 bridgehead atoms. The highest BCUT2D eigenvalue weighted by Gasteiger charge is 2.27. The molecular formula is C15H24NO2+. The number of quaternary nitrogens is 1. The van der Waals surface area contributed by atoms with Gasteiger partial charge in [-0.2, -0.15) is 0 Å². The molecule has 0 heterocycles. The zero-order valence-electron chi connectivity index (χ0n) is 11.4. The molecule has 1 aliphatic rings. The number of nitrogens with two attached hydrogens (primary N) is 1. The molecule has 2 N–H and O–H groups in total. The van der Waals surface area contributed by atoms with Gasteiger partial charge in [-0.05, 0) is 37.1 Å². The van der Waals surface area contributed by atoms with Crippen molar-refractivity contribution in [3.8, 4) is 5.75 Å². The van der Waals surface area contributed by atoms with E-state index in [0.29, 0.717) is 12.1 Å². The van der Waals surface area contributed by atoms with Gasteiger partial charge in [-0.1, -0.05) is 6.42 Å². The molecule has 3 nitrogen and oxygen atoms in total. The van der Waals surface area contributed by atoms with E-state index in [1.807, 2.05) is 19.2 Å². The van der Waals surface area contributed by atoms with Crippen LogP contribution in [0.1, 0.15) is 31.2 Å². The SMILES string of the molecule is COc1ccc(C[NH2+][C@H]2CCCC[C@@H]2OC)cc1. The first-order chi connectivity index (χ1) is 8.83. The highest BCUT2D eigenvalue weighted by molar-refractivity contribution is 5.26. The molecule has 1 aromatic rings. The van der Waals surface area contributed by atoms with Crippen LogP contribution in [0.5, 0.6) is 5.75 Å². The zero-order valence-corrected chi connectivity index (χ0v) is 11.4. The van der Waals surface area contributed by atoms with E-state index in [2.05, 4.69) is 17.4 Å². The van der Waals surface area contributed by atoms with E-state index in [-0.39, 0.29) is 0 Å². The Morgan fingerprint density at radius 3 is 2.50 bits per heavy atom. The minimum atomic E-state index is 0.428. The molecule has 100 valence electrons. The summed E-state index contributed by atoms with van der Waals surface area (Å²) in [7, 11) is 3.54. The van der Waals surface area contributed by atoms with E-state index in [0.717, 1.165) is 12.3 Å². The molecule has 2 atom stereocenters. The van der Waals surface area contributed by atoms with Crippen LogP contribution in [-0.2, 0) is 11.3 Å². The third-order valence-corrected chi connectivity index (χ3v) is 3.87. The minimum Gasteiger partial charge on any atom is -0.497 e. The molecule has 1 saturated carbocycles. The third kappa shape index (κ3) is 3.47. The maximum absolute atomic E-state index is 5.58. The molecule has 3 heteroatoms. The van der Waals surface area contributed by atoms with Crippen molar-refractivity contribution in [2.75, 3.05) is 14.2 Å². The Labute approximate surface area is 109 Å². The maximum Gasteiger partial charge on any atom is 0.118 e. The van der Waals surface area contributed by atoms with Crippen LogP contribution in [0.25, 0.3) is 0 Å². The van der Waals surface area contributed by atoms with Crippen LogP contribution in [0.3, 0.4) is 0 Å². The Kier molecular flexibility index (Phi) is 5.02. The van der Waals surface area contributed by atoms with E-state index >= 15 is 0 Å². The first-order valence-electron chi connectivity index (χ1n) is 6.82. The van der Waals surface area contributed by atoms with Gasteiger partial charge >= 0.3 is 0 Å². The Morgan fingerprint density at radius 1 is 1.11 bits per heavy atom. The molecule has 0 spiro atoms. The lowest BCUT2D eigenvalue weighted by molar-refractivity contribution is -0.713. The van der Waals surface area contributed by atoms with Crippen molar-refractivity contribution in [3.05, 3.63) is 29.8 Å². The Bertz CT molecular complexity index is 350. The Morgan fingerprint density at radius 2 is 1.83 bits per heavy atom. The van der Waals surface area contributed by atoms with E-state index < -0.39 is 0 Å². The van der Waals surface area contributed by atoms with Gasteiger partial charge in [0, 0.05) is 19.1 Å². The van der Waals surface area contributed by atoms with Crippen molar-refractivity contribution in [1.29, 1.82) is 0 Å². The van der Waals surface area contributed by atoms with Crippen molar-refractivity contribution in [3.63, 3.8) is 0 Å². The summed E-state index contributed by atoms with van der Waals surface area (Å²) in [6.45, 7) is 1.02. The van der Waals surface area contributed by atoms with Crippen LogP contribution in [0.4, 0.5) is 0 Å². The molecule has 0 aliphatic heterocycles. The molecular weight excluding hydrogens is 226 g/mol. The van der Waals surface area contributed by atoms with Crippen molar-refractivity contribution < 1.29 is 14.8 Å². The fraction of sp³-hybridized carbons (Fsp3) is 0.600. The minimum absolute atomic E-state index is 0.428. The maximum atomic E-state index is 5.58. The van der Waals surface area contributed by atoms with E-state index in [1.54, 1.807) is 7.11 Å². The first kappa shape index (κ1) is 13.4. The summed E-state index contributed by atoms with van der Waals surface area (Å²) in [5.41, 5.74) is 1.34. The van der Waals surface area contributed by atoms with Gasteiger partial charge in [-0.3, -0.25) is 0 Å². The van der Waals surface area contributed by atoms with Crippen LogP contribution < -0.4 is 10.1 Å². The van der Waals surface area contributed by atoms with Crippen molar-refractivity contribution in [1.82, 2.24) is 0 Å². The van der Waals surface area contributed by atoms with Gasteiger partial charge in [-0.15, -0.1) is 0 Å². The first-order valence-corrected chi connectivity index (χ1v) is 6.82. The van der Waals surface area contributed by atoms with Gasteiger partial charge in [0.2, 0.25) is 0 Å². The normalized spacial score (nSPS) is 23.9. The molecule has 0 amide bonds. The van der Waals surface area contributed by atoms with Gasteiger partial charge in [0.25, 0.3) is 0 Å². The molecule has 18 heavy (non-hydrogen) atoms. The van der Waals surface area contributed by atoms with E-state index in [9.17, 15) is 0 Å². The van der Waals surface area contributed by atoms with Crippen LogP contribution in [0.15, 0.2) is 24.3 Å². The second kappa shape index (κ2) is 6.76. The molecule has 1 aliphatic carbocycles. The number of methoxy groups -OCH3 is 2. The quantitative estimate of drug-likeness (QED) is 0.863. The molecule has 1 fully saturated rings. The highest BCUT2D eigenvalue weighted by atomic mass is 16.5. The van der Waals surface area contributed by atoms with Crippen molar-refractivity contribution in [2.24, 2.45) is 0 Å². The van der Waals surface area contributed by atoms with Gasteiger partial charge in [-0.25, -0.2) is 0 Å². The molecule has 1 aromatic carbocycles. The fourth-order valence-electron chi connectivity index (χ4n) is 2.74. The average Bonchev–Trinajstić information content (AvgIpc) is 2.46. The lowest BCUT2D eigenvalue weighted by atomic mass is 9.92. The Hall–Kier alpha value is -1.06. The highest BCUT2D eigenvalue weighted by Crippen LogP contribution is 2.18. The summed E-state index contributed by atoms with van der Waals surface area (Å²) in [4.78, 5) is 0. The number of hydrogen-bond donors (Lipinski definition) is 1. The number of hydrogen-bond acceptors (Lipinski definition) is 2. The number of rotatable bonds is 5. The van der Waals surface area contributed by atoms with Crippen molar-refractivity contribution >= 4 is 0 Å². The van der Waals surface area contributed by atoms with Gasteiger partial charge in [0.15, 0.2) is 0 Å². The van der Waals surface area contributed by atoms with Crippen LogP contribution in [0.2, 0.25) is 0 Å². The second-order valence-electron chi connectivity index (χ2n) is 5.01. The van der Waals surface area contributed by atoms with Gasteiger partial charge < -0.3 is 14.8 Å². The summed E-state index contributed by atoms with van der Waals surface area (Å²) in [5, 5.41) is 2.43. The number of ether oxygens (including phenoxy) is 2. The lowest BCUT2D eigenvalue weighted by Gasteiger charge is -2.28. The third-order valence-electron chi connectivity index (χ3n) is 3.87. The summed E-state index contributed by atoms with van der Waals surface area (Å²) >= 11 is 0. The van der Waals surface area contributed by atoms with E-state index in [1.165, 1.54) is 31.2 Å². The second-order valence-corrected chi connectivity index (χ2v) is 5.01. The Balaban J connectivity index is 1.85. The standard InChI is InChI=1S/C15H23NO2/c1-17-13-9-7-12(8-10-13)11-16-14-5-3-4-6-15(14)18-2/h7-10,14-16H,3-6,11H2,1-2H3/p+1/t14-,15-/m0/s1. The van der Waals surface area contributed by atoms with Crippen molar-refractivity contribution in [2.45, 2.75) is 44.4 Å². The largest absolute Gasteiger partial charge is 0.497 e. The summed E-state index contributed by atoms with van der Waals surface area (Å²) < 4.78 is 10.7. The molecule has 0 aromatic heterocycles. The zero-order chi connectivity index (χ0) is 12.8. The predicted octanol–water partition coefficient (Wildman–Crippen LogP) is 1.72. The van der Waals surface area contributed by atoms with Crippen LogP contribution in [0, 0.1) is 0 Å². The van der Waals surface area contributed by atoms with Crippen LogP contribution in [-0.4, -0.2) is 26.4 Å². The number of benzene rings is 1. The fourth-order valence-corrected chi connectivity index (χ4v) is 2.74. The lowest BCUT2D eigenvalue weighted by Crippen LogP contribution is -2.91. The van der Waals surface area contributed by atoms with Crippen LogP contribution >= 0.6 is 0 Å². The molecule has 0 unspecified atom stereocenters. The van der Waals surface area contributed by atoms with Gasteiger partial charge in [0.05, 0.1) is 7.11 Å². The molecule has 0 saturated heterocycles. The summed E-state index contributed by atoms with van der Waals surface area (Å²) in [6.07, 6.45) is 5.56. The summed E-state index contributed by atoms with van der Waals surface area (Å²) in [5.74, 6) is 0.922. The average molecular weight is 250 g/mol. The summed E-state index contributed by atoms with van der Waals surface area (Å²) in [6, 6.07) is 8.95. The topological polar surface area (TPSA) is 35.1 Å².